The number of hydrogen-bond acceptors (Lipinski definition) is 2. The molecular weight excluding hydrogens is 138 g/mol. The van der Waals surface area contributed by atoms with Gasteiger partial charge in [-0.2, -0.15) is 0 Å². The Kier molecular flexibility index (Phi) is 7.52. The standard InChI is InChI=1S/C9H19NO/c1-4-11-8-9(2)6-5-7-10-3/h6,10H,4-5,7-8H2,1-3H3. The van der Waals surface area contributed by atoms with Crippen LogP contribution in [-0.2, 0) is 4.74 Å². The first-order chi connectivity index (χ1) is 5.31. The molecule has 0 amide bonds. The summed E-state index contributed by atoms with van der Waals surface area (Å²) in [6, 6.07) is 0. The van der Waals surface area contributed by atoms with Crippen LogP contribution in [-0.4, -0.2) is 26.8 Å². The SMILES string of the molecule is CCOCC(C)=CCCNC. The Morgan fingerprint density at radius 2 is 2.27 bits per heavy atom. The molecule has 0 spiro atoms. The third-order valence-corrected chi connectivity index (χ3v) is 1.42. The van der Waals surface area contributed by atoms with Crippen molar-refractivity contribution < 1.29 is 4.74 Å². The van der Waals surface area contributed by atoms with Crippen LogP contribution in [0.25, 0.3) is 0 Å². The lowest BCUT2D eigenvalue weighted by molar-refractivity contribution is 0.170. The van der Waals surface area contributed by atoms with Gasteiger partial charge in [0.15, 0.2) is 0 Å². The van der Waals surface area contributed by atoms with E-state index in [0.29, 0.717) is 0 Å². The fourth-order valence-corrected chi connectivity index (χ4v) is 0.785. The van der Waals surface area contributed by atoms with Crippen molar-refractivity contribution in [1.82, 2.24) is 5.32 Å². The van der Waals surface area contributed by atoms with Crippen molar-refractivity contribution in [3.05, 3.63) is 11.6 Å². The maximum atomic E-state index is 5.24. The molecule has 0 bridgehead atoms. The van der Waals surface area contributed by atoms with Crippen LogP contribution in [0.3, 0.4) is 0 Å². The molecule has 2 heteroatoms. The molecule has 0 saturated heterocycles. The van der Waals surface area contributed by atoms with Gasteiger partial charge in [0.25, 0.3) is 0 Å². The van der Waals surface area contributed by atoms with Gasteiger partial charge in [-0.3, -0.25) is 0 Å². The third-order valence-electron chi connectivity index (χ3n) is 1.42. The second-order valence-electron chi connectivity index (χ2n) is 2.58. The van der Waals surface area contributed by atoms with Gasteiger partial charge in [0, 0.05) is 6.61 Å². The predicted octanol–water partition coefficient (Wildman–Crippen LogP) is 1.58. The van der Waals surface area contributed by atoms with Crippen LogP contribution in [0.5, 0.6) is 0 Å². The largest absolute Gasteiger partial charge is 0.377 e. The topological polar surface area (TPSA) is 21.3 Å². The van der Waals surface area contributed by atoms with Crippen molar-refractivity contribution in [2.24, 2.45) is 0 Å². The Labute approximate surface area is 69.6 Å². The molecular formula is C9H19NO. The van der Waals surface area contributed by atoms with Crippen molar-refractivity contribution in [2.75, 3.05) is 26.8 Å². The number of hydrogen-bond donors (Lipinski definition) is 1. The van der Waals surface area contributed by atoms with E-state index in [2.05, 4.69) is 18.3 Å². The van der Waals surface area contributed by atoms with Crippen LogP contribution in [0.4, 0.5) is 0 Å². The highest BCUT2D eigenvalue weighted by Gasteiger charge is 1.87. The fraction of sp³-hybridized carbons (Fsp3) is 0.778. The zero-order valence-corrected chi connectivity index (χ0v) is 7.81. The zero-order valence-electron chi connectivity index (χ0n) is 7.81. The van der Waals surface area contributed by atoms with E-state index in [1.165, 1.54) is 5.57 Å². The van der Waals surface area contributed by atoms with Crippen molar-refractivity contribution in [3.8, 4) is 0 Å². The minimum atomic E-state index is 0.778. The van der Waals surface area contributed by atoms with Crippen LogP contribution in [0, 0.1) is 0 Å². The first kappa shape index (κ1) is 10.7. The minimum Gasteiger partial charge on any atom is -0.377 e. The second-order valence-corrected chi connectivity index (χ2v) is 2.58. The molecule has 0 aliphatic rings. The van der Waals surface area contributed by atoms with Crippen molar-refractivity contribution in [2.45, 2.75) is 20.3 Å². The van der Waals surface area contributed by atoms with Crippen LogP contribution < -0.4 is 5.32 Å². The molecule has 0 aromatic rings. The zero-order chi connectivity index (χ0) is 8.53. The average Bonchev–Trinajstić information content (AvgIpc) is 2.01. The summed E-state index contributed by atoms with van der Waals surface area (Å²) in [5, 5.41) is 3.09. The van der Waals surface area contributed by atoms with Crippen LogP contribution >= 0.6 is 0 Å². The molecule has 0 aliphatic carbocycles. The lowest BCUT2D eigenvalue weighted by atomic mass is 10.2. The molecule has 0 rings (SSSR count). The maximum Gasteiger partial charge on any atom is 0.0673 e. The van der Waals surface area contributed by atoms with Gasteiger partial charge in [-0.25, -0.2) is 0 Å². The molecule has 0 radical (unpaired) electrons. The van der Waals surface area contributed by atoms with Crippen LogP contribution in [0.2, 0.25) is 0 Å². The normalized spacial score (nSPS) is 12.1. The quantitative estimate of drug-likeness (QED) is 0.467. The van der Waals surface area contributed by atoms with E-state index in [9.17, 15) is 0 Å². The molecule has 0 fully saturated rings. The highest BCUT2D eigenvalue weighted by atomic mass is 16.5. The summed E-state index contributed by atoms with van der Waals surface area (Å²) in [5.41, 5.74) is 1.32. The molecule has 11 heavy (non-hydrogen) atoms. The van der Waals surface area contributed by atoms with Crippen molar-refractivity contribution in [1.29, 1.82) is 0 Å². The van der Waals surface area contributed by atoms with Gasteiger partial charge < -0.3 is 10.1 Å². The first-order valence-corrected chi connectivity index (χ1v) is 4.19. The smallest absolute Gasteiger partial charge is 0.0673 e. The van der Waals surface area contributed by atoms with E-state index >= 15 is 0 Å². The van der Waals surface area contributed by atoms with Gasteiger partial charge in [-0.05, 0) is 33.9 Å². The Morgan fingerprint density at radius 1 is 1.55 bits per heavy atom. The lowest BCUT2D eigenvalue weighted by Crippen LogP contribution is -2.06. The average molecular weight is 157 g/mol. The van der Waals surface area contributed by atoms with Gasteiger partial charge in [0.05, 0.1) is 6.61 Å². The molecule has 0 unspecified atom stereocenters. The number of nitrogens with one attached hydrogen (secondary N) is 1. The summed E-state index contributed by atoms with van der Waals surface area (Å²) in [5.74, 6) is 0. The van der Waals surface area contributed by atoms with Gasteiger partial charge >= 0.3 is 0 Å². The lowest BCUT2D eigenvalue weighted by Gasteiger charge is -2.00. The molecule has 2 nitrogen and oxygen atoms in total. The Bertz CT molecular complexity index is 110. The van der Waals surface area contributed by atoms with Gasteiger partial charge in [-0.15, -0.1) is 0 Å². The Morgan fingerprint density at radius 3 is 2.82 bits per heavy atom. The number of rotatable bonds is 6. The maximum absolute atomic E-state index is 5.24. The molecule has 0 aromatic carbocycles. The first-order valence-electron chi connectivity index (χ1n) is 4.19. The van der Waals surface area contributed by atoms with E-state index in [-0.39, 0.29) is 0 Å². The summed E-state index contributed by atoms with van der Waals surface area (Å²) < 4.78 is 5.24. The molecule has 66 valence electrons. The summed E-state index contributed by atoms with van der Waals surface area (Å²) in [7, 11) is 1.96. The number of ether oxygens (including phenoxy) is 1. The summed E-state index contributed by atoms with van der Waals surface area (Å²) >= 11 is 0. The van der Waals surface area contributed by atoms with Crippen molar-refractivity contribution >= 4 is 0 Å². The van der Waals surface area contributed by atoms with Gasteiger partial charge in [0.2, 0.25) is 0 Å². The predicted molar refractivity (Wildman–Crippen MR) is 48.8 cm³/mol. The van der Waals surface area contributed by atoms with E-state index in [4.69, 9.17) is 4.74 Å². The highest BCUT2D eigenvalue weighted by molar-refractivity contribution is 4.98. The van der Waals surface area contributed by atoms with E-state index in [0.717, 1.165) is 26.2 Å². The van der Waals surface area contributed by atoms with Crippen molar-refractivity contribution in [3.63, 3.8) is 0 Å². The molecule has 0 atom stereocenters. The van der Waals surface area contributed by atoms with E-state index in [1.807, 2.05) is 14.0 Å². The highest BCUT2D eigenvalue weighted by Crippen LogP contribution is 1.95. The molecule has 0 aliphatic heterocycles. The summed E-state index contributed by atoms with van der Waals surface area (Å²) in [6.07, 6.45) is 3.31. The van der Waals surface area contributed by atoms with Crippen LogP contribution in [0.15, 0.2) is 11.6 Å². The van der Waals surface area contributed by atoms with Crippen LogP contribution in [0.1, 0.15) is 20.3 Å². The molecule has 0 heterocycles. The summed E-state index contributed by atoms with van der Waals surface area (Å²) in [6.45, 7) is 6.74. The Hall–Kier alpha value is -0.340. The van der Waals surface area contributed by atoms with E-state index in [1.54, 1.807) is 0 Å². The summed E-state index contributed by atoms with van der Waals surface area (Å²) in [4.78, 5) is 0. The second kappa shape index (κ2) is 7.76. The Balaban J connectivity index is 3.30. The minimum absolute atomic E-state index is 0.778. The van der Waals surface area contributed by atoms with Gasteiger partial charge in [-0.1, -0.05) is 11.6 Å². The monoisotopic (exact) mass is 157 g/mol. The van der Waals surface area contributed by atoms with Gasteiger partial charge in [0.1, 0.15) is 0 Å². The molecule has 0 aromatic heterocycles. The third kappa shape index (κ3) is 7.56. The fourth-order valence-electron chi connectivity index (χ4n) is 0.785. The molecule has 1 N–H and O–H groups in total. The van der Waals surface area contributed by atoms with E-state index < -0.39 is 0 Å². The molecule has 0 saturated carbocycles.